The fraction of sp³-hybridized carbons (Fsp3) is 0.667. The van der Waals surface area contributed by atoms with Crippen molar-refractivity contribution in [1.82, 2.24) is 4.98 Å². The van der Waals surface area contributed by atoms with Gasteiger partial charge in [0.25, 0.3) is 0 Å². The van der Waals surface area contributed by atoms with Gasteiger partial charge in [-0.2, -0.15) is 0 Å². The van der Waals surface area contributed by atoms with Gasteiger partial charge in [-0.1, -0.05) is 41.5 Å². The van der Waals surface area contributed by atoms with E-state index in [1.54, 1.807) is 0 Å². The molecule has 0 radical (unpaired) electrons. The second-order valence-electron chi connectivity index (χ2n) is 7.29. The maximum atomic E-state index is 4.23. The zero-order chi connectivity index (χ0) is 12.8. The van der Waals surface area contributed by atoms with Crippen LogP contribution in [-0.4, -0.2) is 11.0 Å². The quantitative estimate of drug-likeness (QED) is 0.730. The first-order valence-electron chi connectivity index (χ1n) is 6.42. The SMILES string of the molecule is CC(C)(C)C1Nc2cnccc2C1C(C)(C)C. The van der Waals surface area contributed by atoms with Gasteiger partial charge in [-0.05, 0) is 22.5 Å². The summed E-state index contributed by atoms with van der Waals surface area (Å²) >= 11 is 0. The van der Waals surface area contributed by atoms with Gasteiger partial charge in [-0.3, -0.25) is 4.98 Å². The molecule has 0 saturated heterocycles. The molecule has 0 fully saturated rings. The lowest BCUT2D eigenvalue weighted by Gasteiger charge is -2.39. The summed E-state index contributed by atoms with van der Waals surface area (Å²) in [5.41, 5.74) is 3.15. The van der Waals surface area contributed by atoms with E-state index in [9.17, 15) is 0 Å². The summed E-state index contributed by atoms with van der Waals surface area (Å²) < 4.78 is 0. The van der Waals surface area contributed by atoms with Gasteiger partial charge in [0.05, 0.1) is 11.9 Å². The molecule has 0 saturated carbocycles. The van der Waals surface area contributed by atoms with Crippen LogP contribution in [-0.2, 0) is 0 Å². The predicted octanol–water partition coefficient (Wildman–Crippen LogP) is 4.05. The summed E-state index contributed by atoms with van der Waals surface area (Å²) in [7, 11) is 0. The fourth-order valence-corrected chi connectivity index (χ4v) is 2.91. The molecule has 2 heterocycles. The average Bonchev–Trinajstić information content (AvgIpc) is 2.54. The Labute approximate surface area is 105 Å². The van der Waals surface area contributed by atoms with Gasteiger partial charge < -0.3 is 5.32 Å². The highest BCUT2D eigenvalue weighted by molar-refractivity contribution is 5.58. The number of aromatic nitrogens is 1. The van der Waals surface area contributed by atoms with Gasteiger partial charge in [-0.15, -0.1) is 0 Å². The maximum absolute atomic E-state index is 4.23. The lowest BCUT2D eigenvalue weighted by molar-refractivity contribution is 0.214. The van der Waals surface area contributed by atoms with E-state index in [0.29, 0.717) is 12.0 Å². The minimum absolute atomic E-state index is 0.247. The van der Waals surface area contributed by atoms with Crippen molar-refractivity contribution in [3.8, 4) is 0 Å². The standard InChI is InChI=1S/C15H24N2/c1-14(2,3)12-10-7-8-16-9-11(10)17-13(12)15(4,5)6/h7-9,12-13,17H,1-6H3. The zero-order valence-corrected chi connectivity index (χ0v) is 11.8. The van der Waals surface area contributed by atoms with Gasteiger partial charge >= 0.3 is 0 Å². The van der Waals surface area contributed by atoms with E-state index in [1.165, 1.54) is 11.3 Å². The molecule has 2 unspecified atom stereocenters. The first kappa shape index (κ1) is 12.4. The second kappa shape index (κ2) is 3.72. The van der Waals surface area contributed by atoms with Gasteiger partial charge in [0.2, 0.25) is 0 Å². The van der Waals surface area contributed by atoms with Crippen LogP contribution in [0.5, 0.6) is 0 Å². The third kappa shape index (κ3) is 2.18. The van der Waals surface area contributed by atoms with Crippen molar-refractivity contribution in [3.05, 3.63) is 24.0 Å². The van der Waals surface area contributed by atoms with Crippen LogP contribution in [0.4, 0.5) is 5.69 Å². The molecule has 2 atom stereocenters. The number of nitrogens with one attached hydrogen (secondary N) is 1. The molecule has 1 N–H and O–H groups in total. The molecule has 0 amide bonds. The molecule has 0 bridgehead atoms. The highest BCUT2D eigenvalue weighted by Gasteiger charge is 2.44. The van der Waals surface area contributed by atoms with E-state index < -0.39 is 0 Å². The summed E-state index contributed by atoms with van der Waals surface area (Å²) in [6.45, 7) is 13.9. The highest BCUT2D eigenvalue weighted by Crippen LogP contribution is 2.50. The van der Waals surface area contributed by atoms with Crippen LogP contribution in [0.25, 0.3) is 0 Å². The first-order chi connectivity index (χ1) is 7.71. The normalized spacial score (nSPS) is 24.4. The molecule has 1 aromatic heterocycles. The number of fused-ring (bicyclic) bond motifs is 1. The fourth-order valence-electron chi connectivity index (χ4n) is 2.91. The second-order valence-corrected chi connectivity index (χ2v) is 7.29. The Kier molecular flexibility index (Phi) is 2.72. The van der Waals surface area contributed by atoms with Crippen LogP contribution in [0, 0.1) is 10.8 Å². The minimum Gasteiger partial charge on any atom is -0.380 e. The lowest BCUT2D eigenvalue weighted by atomic mass is 9.67. The summed E-state index contributed by atoms with van der Waals surface area (Å²) in [5.74, 6) is 0.542. The molecular formula is C15H24N2. The summed E-state index contributed by atoms with van der Waals surface area (Å²) in [6.07, 6.45) is 3.87. The number of hydrogen-bond donors (Lipinski definition) is 1. The molecule has 1 aliphatic rings. The molecule has 17 heavy (non-hydrogen) atoms. The smallest absolute Gasteiger partial charge is 0.0565 e. The van der Waals surface area contributed by atoms with Gasteiger partial charge in [0.15, 0.2) is 0 Å². The van der Waals surface area contributed by atoms with Crippen LogP contribution < -0.4 is 5.32 Å². The molecule has 0 aromatic carbocycles. The van der Waals surface area contributed by atoms with Crippen molar-refractivity contribution in [2.75, 3.05) is 5.32 Å². The molecule has 2 heteroatoms. The topological polar surface area (TPSA) is 24.9 Å². The number of rotatable bonds is 0. The molecular weight excluding hydrogens is 208 g/mol. The Balaban J connectivity index is 2.48. The van der Waals surface area contributed by atoms with Crippen molar-refractivity contribution in [1.29, 1.82) is 0 Å². The third-order valence-corrected chi connectivity index (χ3v) is 3.70. The Hall–Kier alpha value is -1.05. The average molecular weight is 232 g/mol. The first-order valence-corrected chi connectivity index (χ1v) is 6.42. The van der Waals surface area contributed by atoms with Gasteiger partial charge in [0.1, 0.15) is 0 Å². The summed E-state index contributed by atoms with van der Waals surface area (Å²) in [4.78, 5) is 4.23. The highest BCUT2D eigenvalue weighted by atomic mass is 15.0. The molecule has 2 nitrogen and oxygen atoms in total. The molecule has 2 rings (SSSR count). The summed E-state index contributed by atoms with van der Waals surface area (Å²) in [5, 5.41) is 3.67. The molecule has 1 aromatic rings. The summed E-state index contributed by atoms with van der Waals surface area (Å²) in [6, 6.07) is 2.64. The van der Waals surface area contributed by atoms with Crippen LogP contribution >= 0.6 is 0 Å². The molecule has 0 aliphatic carbocycles. The Bertz CT molecular complexity index is 410. The zero-order valence-electron chi connectivity index (χ0n) is 11.8. The van der Waals surface area contributed by atoms with Crippen molar-refractivity contribution < 1.29 is 0 Å². The molecule has 94 valence electrons. The van der Waals surface area contributed by atoms with Gasteiger partial charge in [-0.25, -0.2) is 0 Å². The van der Waals surface area contributed by atoms with Crippen molar-refractivity contribution >= 4 is 5.69 Å². The largest absolute Gasteiger partial charge is 0.380 e. The van der Waals surface area contributed by atoms with Crippen molar-refractivity contribution in [2.24, 2.45) is 10.8 Å². The van der Waals surface area contributed by atoms with E-state index in [0.717, 1.165) is 0 Å². The van der Waals surface area contributed by atoms with Crippen molar-refractivity contribution in [3.63, 3.8) is 0 Å². The van der Waals surface area contributed by atoms with E-state index in [1.807, 2.05) is 12.4 Å². The van der Waals surface area contributed by atoms with E-state index in [-0.39, 0.29) is 10.8 Å². The number of hydrogen-bond acceptors (Lipinski definition) is 2. The van der Waals surface area contributed by atoms with E-state index in [4.69, 9.17) is 0 Å². The third-order valence-electron chi connectivity index (χ3n) is 3.70. The molecule has 0 spiro atoms. The Morgan fingerprint density at radius 2 is 1.71 bits per heavy atom. The van der Waals surface area contributed by atoms with Crippen LogP contribution in [0.1, 0.15) is 53.0 Å². The molecule has 1 aliphatic heterocycles. The Morgan fingerprint density at radius 1 is 1.06 bits per heavy atom. The van der Waals surface area contributed by atoms with Crippen LogP contribution in [0.15, 0.2) is 18.5 Å². The van der Waals surface area contributed by atoms with Crippen LogP contribution in [0.3, 0.4) is 0 Å². The monoisotopic (exact) mass is 232 g/mol. The number of anilines is 1. The van der Waals surface area contributed by atoms with Crippen LogP contribution in [0.2, 0.25) is 0 Å². The van der Waals surface area contributed by atoms with Crippen molar-refractivity contribution in [2.45, 2.75) is 53.5 Å². The van der Waals surface area contributed by atoms with E-state index in [2.05, 4.69) is 57.9 Å². The predicted molar refractivity (Wildman–Crippen MR) is 73.3 cm³/mol. The van der Waals surface area contributed by atoms with E-state index >= 15 is 0 Å². The van der Waals surface area contributed by atoms with Gasteiger partial charge in [0, 0.05) is 18.2 Å². The number of nitrogens with zero attached hydrogens (tertiary/aromatic N) is 1. The Morgan fingerprint density at radius 3 is 2.24 bits per heavy atom. The minimum atomic E-state index is 0.247. The maximum Gasteiger partial charge on any atom is 0.0565 e. The number of pyridine rings is 1. The lowest BCUT2D eigenvalue weighted by Crippen LogP contribution is -2.40.